The topological polar surface area (TPSA) is 62.7 Å². The smallest absolute Gasteiger partial charge is 0.254 e. The van der Waals surface area contributed by atoms with Gasteiger partial charge in [-0.1, -0.05) is 37.3 Å². The summed E-state index contributed by atoms with van der Waals surface area (Å²) in [4.78, 5) is 19.3. The van der Waals surface area contributed by atoms with Crippen molar-refractivity contribution in [2.24, 2.45) is 0 Å². The van der Waals surface area contributed by atoms with Crippen molar-refractivity contribution in [3.63, 3.8) is 0 Å². The average molecular weight is 443 g/mol. The average Bonchev–Trinajstić information content (AvgIpc) is 3.29. The lowest BCUT2D eigenvalue weighted by atomic mass is 9.75. The molecule has 5 heteroatoms. The summed E-state index contributed by atoms with van der Waals surface area (Å²) in [6, 6.07) is 19.5. The van der Waals surface area contributed by atoms with Crippen molar-refractivity contribution in [1.82, 2.24) is 9.88 Å². The molecule has 1 fully saturated rings. The number of pyridine rings is 1. The second-order valence-electron chi connectivity index (χ2n) is 9.31. The van der Waals surface area contributed by atoms with Gasteiger partial charge in [-0.05, 0) is 79.5 Å². The molecule has 3 aromatic rings. The Bertz CT molecular complexity index is 1110. The fourth-order valence-corrected chi connectivity index (χ4v) is 5.06. The summed E-state index contributed by atoms with van der Waals surface area (Å²) in [6.07, 6.45) is 6.01. The summed E-state index contributed by atoms with van der Waals surface area (Å²) in [5.74, 6) is 1.63. The van der Waals surface area contributed by atoms with Gasteiger partial charge in [-0.3, -0.25) is 4.79 Å². The molecule has 1 aromatic heterocycles. The summed E-state index contributed by atoms with van der Waals surface area (Å²) in [6.45, 7) is 3.36. The van der Waals surface area contributed by atoms with Crippen molar-refractivity contribution < 1.29 is 14.6 Å². The van der Waals surface area contributed by atoms with Crippen LogP contribution in [0.4, 0.5) is 0 Å². The summed E-state index contributed by atoms with van der Waals surface area (Å²) in [5, 5.41) is 10.6. The number of aliphatic hydroxyl groups is 1. The van der Waals surface area contributed by atoms with Crippen molar-refractivity contribution >= 4 is 5.91 Å². The highest BCUT2D eigenvalue weighted by atomic mass is 16.5. The molecule has 0 unspecified atom stereocenters. The van der Waals surface area contributed by atoms with Gasteiger partial charge in [0, 0.05) is 30.4 Å². The molecule has 2 heterocycles. The third kappa shape index (κ3) is 4.51. The Labute approximate surface area is 195 Å². The molecular formula is C28H30N2O3. The quantitative estimate of drug-likeness (QED) is 0.540. The molecule has 0 bridgehead atoms. The van der Waals surface area contributed by atoms with E-state index in [1.165, 1.54) is 11.1 Å². The largest absolute Gasteiger partial charge is 0.439 e. The fourth-order valence-electron chi connectivity index (χ4n) is 5.06. The Morgan fingerprint density at radius 1 is 1.03 bits per heavy atom. The first kappa shape index (κ1) is 21.7. The van der Waals surface area contributed by atoms with E-state index < -0.39 is 5.60 Å². The van der Waals surface area contributed by atoms with E-state index in [4.69, 9.17) is 4.74 Å². The number of carbonyl (C=O) groups is 1. The lowest BCUT2D eigenvalue weighted by Gasteiger charge is -2.35. The molecule has 1 aliphatic carbocycles. The summed E-state index contributed by atoms with van der Waals surface area (Å²) in [5.41, 5.74) is 3.65. The third-order valence-electron chi connectivity index (χ3n) is 7.26. The lowest BCUT2D eigenvalue weighted by molar-refractivity contribution is -0.00437. The highest BCUT2D eigenvalue weighted by Crippen LogP contribution is 2.42. The molecule has 1 aliphatic heterocycles. The molecule has 0 saturated heterocycles. The standard InChI is InChI=1S/C28H30N2O3/c1-2-28(32)15-13-20(14-16-28)25-8-5-17-29-26(25)33-24-11-9-21(10-12-24)27(31)30-18-22-6-3-4-7-23(22)19-30/h3-12,17,20,32H,2,13-16,18-19H2,1H3. The van der Waals surface area contributed by atoms with Gasteiger partial charge in [0.2, 0.25) is 5.88 Å². The van der Waals surface area contributed by atoms with Gasteiger partial charge in [0.25, 0.3) is 5.91 Å². The molecule has 1 N–H and O–H groups in total. The van der Waals surface area contributed by atoms with E-state index >= 15 is 0 Å². The molecule has 0 atom stereocenters. The molecule has 0 spiro atoms. The first-order chi connectivity index (χ1) is 16.0. The van der Waals surface area contributed by atoms with Crippen LogP contribution in [-0.4, -0.2) is 26.5 Å². The zero-order chi connectivity index (χ0) is 22.8. The summed E-state index contributed by atoms with van der Waals surface area (Å²) < 4.78 is 6.15. The predicted octanol–water partition coefficient (Wildman–Crippen LogP) is 5.83. The van der Waals surface area contributed by atoms with Crippen LogP contribution in [0.25, 0.3) is 0 Å². The van der Waals surface area contributed by atoms with Crippen LogP contribution in [-0.2, 0) is 13.1 Å². The van der Waals surface area contributed by atoms with Gasteiger partial charge in [-0.25, -0.2) is 4.98 Å². The van der Waals surface area contributed by atoms with Gasteiger partial charge in [-0.2, -0.15) is 0 Å². The first-order valence-electron chi connectivity index (χ1n) is 11.9. The van der Waals surface area contributed by atoms with Gasteiger partial charge in [-0.15, -0.1) is 0 Å². The van der Waals surface area contributed by atoms with E-state index in [-0.39, 0.29) is 5.91 Å². The predicted molar refractivity (Wildman–Crippen MR) is 127 cm³/mol. The van der Waals surface area contributed by atoms with Crippen LogP contribution < -0.4 is 4.74 Å². The van der Waals surface area contributed by atoms with E-state index in [1.54, 1.807) is 6.20 Å². The van der Waals surface area contributed by atoms with E-state index in [0.717, 1.165) is 37.7 Å². The van der Waals surface area contributed by atoms with Gasteiger partial charge in [0.1, 0.15) is 5.75 Å². The molecule has 5 rings (SSSR count). The van der Waals surface area contributed by atoms with Crippen molar-refractivity contribution in [2.75, 3.05) is 0 Å². The van der Waals surface area contributed by atoms with Gasteiger partial charge >= 0.3 is 0 Å². The summed E-state index contributed by atoms with van der Waals surface area (Å²) in [7, 11) is 0. The zero-order valence-corrected chi connectivity index (χ0v) is 19.0. The number of amides is 1. The second-order valence-corrected chi connectivity index (χ2v) is 9.31. The number of hydrogen-bond acceptors (Lipinski definition) is 4. The van der Waals surface area contributed by atoms with Crippen molar-refractivity contribution in [1.29, 1.82) is 0 Å². The zero-order valence-electron chi connectivity index (χ0n) is 19.0. The van der Waals surface area contributed by atoms with Crippen LogP contribution in [0.3, 0.4) is 0 Å². The van der Waals surface area contributed by atoms with Crippen molar-refractivity contribution in [2.45, 2.75) is 63.6 Å². The minimum Gasteiger partial charge on any atom is -0.439 e. The Balaban J connectivity index is 1.26. The molecular weight excluding hydrogens is 412 g/mol. The molecule has 1 saturated carbocycles. The normalized spacial score (nSPS) is 22.1. The van der Waals surface area contributed by atoms with E-state index in [2.05, 4.69) is 30.1 Å². The Morgan fingerprint density at radius 2 is 1.70 bits per heavy atom. The van der Waals surface area contributed by atoms with Gasteiger partial charge in [0.05, 0.1) is 5.60 Å². The number of carbonyl (C=O) groups excluding carboxylic acids is 1. The van der Waals surface area contributed by atoms with E-state index in [0.29, 0.717) is 36.2 Å². The van der Waals surface area contributed by atoms with E-state index in [1.807, 2.05) is 47.4 Å². The lowest BCUT2D eigenvalue weighted by Crippen LogP contribution is -2.32. The molecule has 5 nitrogen and oxygen atoms in total. The number of ether oxygens (including phenoxy) is 1. The number of benzene rings is 2. The maximum Gasteiger partial charge on any atom is 0.254 e. The molecule has 2 aliphatic rings. The number of nitrogens with zero attached hydrogens (tertiary/aromatic N) is 2. The number of aromatic nitrogens is 1. The SMILES string of the molecule is CCC1(O)CCC(c2cccnc2Oc2ccc(C(=O)N3Cc4ccccc4C3)cc2)CC1. The Morgan fingerprint density at radius 3 is 2.33 bits per heavy atom. The minimum atomic E-state index is -0.529. The summed E-state index contributed by atoms with van der Waals surface area (Å²) >= 11 is 0. The van der Waals surface area contributed by atoms with E-state index in [9.17, 15) is 9.90 Å². The van der Waals surface area contributed by atoms with Gasteiger partial charge < -0.3 is 14.7 Å². The van der Waals surface area contributed by atoms with Crippen LogP contribution in [0, 0.1) is 0 Å². The van der Waals surface area contributed by atoms with Gasteiger partial charge in [0.15, 0.2) is 0 Å². The molecule has 0 radical (unpaired) electrons. The number of fused-ring (bicyclic) bond motifs is 1. The van der Waals surface area contributed by atoms with Crippen LogP contribution in [0.15, 0.2) is 66.9 Å². The monoisotopic (exact) mass is 442 g/mol. The number of hydrogen-bond donors (Lipinski definition) is 1. The van der Waals surface area contributed by atoms with Crippen LogP contribution in [0.2, 0.25) is 0 Å². The Hall–Kier alpha value is -3.18. The molecule has 33 heavy (non-hydrogen) atoms. The van der Waals surface area contributed by atoms with Crippen molar-refractivity contribution in [3.8, 4) is 11.6 Å². The molecule has 1 amide bonds. The Kier molecular flexibility index (Phi) is 5.90. The third-order valence-corrected chi connectivity index (χ3v) is 7.26. The maximum atomic E-state index is 13.0. The highest BCUT2D eigenvalue weighted by molar-refractivity contribution is 5.94. The molecule has 2 aromatic carbocycles. The van der Waals surface area contributed by atoms with Crippen LogP contribution in [0.1, 0.15) is 72.0 Å². The molecule has 170 valence electrons. The highest BCUT2D eigenvalue weighted by Gasteiger charge is 2.33. The second kappa shape index (κ2) is 8.99. The van der Waals surface area contributed by atoms with Crippen molar-refractivity contribution in [3.05, 3.63) is 89.1 Å². The fraction of sp³-hybridized carbons (Fsp3) is 0.357. The van der Waals surface area contributed by atoms with Crippen LogP contribution >= 0.6 is 0 Å². The first-order valence-corrected chi connectivity index (χ1v) is 11.9. The van der Waals surface area contributed by atoms with Crippen LogP contribution in [0.5, 0.6) is 11.6 Å². The minimum absolute atomic E-state index is 0.0295. The maximum absolute atomic E-state index is 13.0. The number of rotatable bonds is 5.